The third-order valence-corrected chi connectivity index (χ3v) is 2.35. The van der Waals surface area contributed by atoms with E-state index in [1.807, 2.05) is 30.3 Å². The lowest BCUT2D eigenvalue weighted by atomic mass is 10.1. The van der Waals surface area contributed by atoms with Gasteiger partial charge in [-0.15, -0.1) is 0 Å². The van der Waals surface area contributed by atoms with Crippen LogP contribution in [0.25, 0.3) is 0 Å². The zero-order valence-electron chi connectivity index (χ0n) is 9.56. The SMILES string of the molecule is NC(=O)CC[C@H](N)C(=O)NCc1ccccc1. The molecule has 0 spiro atoms. The summed E-state index contributed by atoms with van der Waals surface area (Å²) in [5.41, 5.74) is 11.6. The Morgan fingerprint density at radius 2 is 1.88 bits per heavy atom. The average Bonchev–Trinajstić information content (AvgIpc) is 2.34. The number of amides is 2. The Morgan fingerprint density at radius 1 is 1.24 bits per heavy atom. The van der Waals surface area contributed by atoms with Crippen LogP contribution in [0.2, 0.25) is 0 Å². The molecule has 0 unspecified atom stereocenters. The third-order valence-electron chi connectivity index (χ3n) is 2.35. The Hall–Kier alpha value is -1.88. The van der Waals surface area contributed by atoms with Gasteiger partial charge in [0.15, 0.2) is 0 Å². The zero-order valence-corrected chi connectivity index (χ0v) is 9.56. The molecule has 1 aromatic rings. The number of carbonyl (C=O) groups is 2. The fourth-order valence-electron chi connectivity index (χ4n) is 1.34. The van der Waals surface area contributed by atoms with Crippen LogP contribution in [-0.4, -0.2) is 17.9 Å². The van der Waals surface area contributed by atoms with Crippen LogP contribution < -0.4 is 16.8 Å². The molecule has 0 aliphatic heterocycles. The van der Waals surface area contributed by atoms with E-state index in [9.17, 15) is 9.59 Å². The summed E-state index contributed by atoms with van der Waals surface area (Å²) in [7, 11) is 0. The molecule has 5 N–H and O–H groups in total. The molecule has 1 aromatic carbocycles. The number of nitrogens with two attached hydrogens (primary N) is 2. The van der Waals surface area contributed by atoms with E-state index >= 15 is 0 Å². The van der Waals surface area contributed by atoms with E-state index in [1.54, 1.807) is 0 Å². The van der Waals surface area contributed by atoms with Crippen molar-refractivity contribution in [2.45, 2.75) is 25.4 Å². The highest BCUT2D eigenvalue weighted by molar-refractivity contribution is 5.82. The Kier molecular flexibility index (Phi) is 5.16. The Bertz CT molecular complexity index is 379. The van der Waals surface area contributed by atoms with Crippen LogP contribution in [0, 0.1) is 0 Å². The van der Waals surface area contributed by atoms with Gasteiger partial charge in [0.2, 0.25) is 11.8 Å². The van der Waals surface area contributed by atoms with Crippen molar-refractivity contribution < 1.29 is 9.59 Å². The van der Waals surface area contributed by atoms with Gasteiger partial charge in [-0.05, 0) is 12.0 Å². The molecular formula is C12H17N3O2. The second kappa shape index (κ2) is 6.65. The van der Waals surface area contributed by atoms with Gasteiger partial charge in [0.05, 0.1) is 6.04 Å². The number of carbonyl (C=O) groups excluding carboxylic acids is 2. The van der Waals surface area contributed by atoms with Gasteiger partial charge >= 0.3 is 0 Å². The lowest BCUT2D eigenvalue weighted by Gasteiger charge is -2.11. The van der Waals surface area contributed by atoms with E-state index in [2.05, 4.69) is 5.32 Å². The molecule has 5 heteroatoms. The highest BCUT2D eigenvalue weighted by Gasteiger charge is 2.13. The van der Waals surface area contributed by atoms with Crippen LogP contribution in [0.15, 0.2) is 30.3 Å². The molecule has 0 radical (unpaired) electrons. The topological polar surface area (TPSA) is 98.2 Å². The number of hydrogen-bond donors (Lipinski definition) is 3. The van der Waals surface area contributed by atoms with Crippen molar-refractivity contribution in [3.8, 4) is 0 Å². The molecule has 0 heterocycles. The van der Waals surface area contributed by atoms with Gasteiger partial charge in [-0.3, -0.25) is 9.59 Å². The van der Waals surface area contributed by atoms with Gasteiger partial charge in [-0.2, -0.15) is 0 Å². The number of benzene rings is 1. The molecule has 0 saturated carbocycles. The van der Waals surface area contributed by atoms with Crippen molar-refractivity contribution in [1.29, 1.82) is 0 Å². The van der Waals surface area contributed by atoms with E-state index in [0.717, 1.165) is 5.56 Å². The molecule has 5 nitrogen and oxygen atoms in total. The molecule has 17 heavy (non-hydrogen) atoms. The van der Waals surface area contributed by atoms with Crippen molar-refractivity contribution >= 4 is 11.8 Å². The summed E-state index contributed by atoms with van der Waals surface area (Å²) in [4.78, 5) is 22.1. The summed E-state index contributed by atoms with van der Waals surface area (Å²) in [5.74, 6) is -0.716. The van der Waals surface area contributed by atoms with Crippen LogP contribution in [0.3, 0.4) is 0 Å². The van der Waals surface area contributed by atoms with E-state index in [0.29, 0.717) is 6.54 Å². The second-order valence-electron chi connectivity index (χ2n) is 3.81. The molecule has 0 aromatic heterocycles. The van der Waals surface area contributed by atoms with Gasteiger partial charge < -0.3 is 16.8 Å². The molecule has 0 aliphatic rings. The Labute approximate surface area is 100 Å². The largest absolute Gasteiger partial charge is 0.370 e. The van der Waals surface area contributed by atoms with E-state index < -0.39 is 11.9 Å². The second-order valence-corrected chi connectivity index (χ2v) is 3.81. The third kappa shape index (κ3) is 5.12. The maximum absolute atomic E-state index is 11.5. The minimum Gasteiger partial charge on any atom is -0.370 e. The summed E-state index contributed by atoms with van der Waals surface area (Å²) in [6.07, 6.45) is 0.399. The summed E-state index contributed by atoms with van der Waals surface area (Å²) < 4.78 is 0. The van der Waals surface area contributed by atoms with Crippen molar-refractivity contribution in [3.05, 3.63) is 35.9 Å². The predicted molar refractivity (Wildman–Crippen MR) is 64.7 cm³/mol. The first kappa shape index (κ1) is 13.2. The van der Waals surface area contributed by atoms with Gasteiger partial charge in [0.25, 0.3) is 0 Å². The summed E-state index contributed by atoms with van der Waals surface area (Å²) in [6, 6.07) is 8.84. The molecular weight excluding hydrogens is 218 g/mol. The van der Waals surface area contributed by atoms with Crippen LogP contribution in [0.4, 0.5) is 0 Å². The molecule has 0 aliphatic carbocycles. The first-order chi connectivity index (χ1) is 8.09. The fraction of sp³-hybridized carbons (Fsp3) is 0.333. The van der Waals surface area contributed by atoms with Crippen molar-refractivity contribution in [2.75, 3.05) is 0 Å². The first-order valence-electron chi connectivity index (χ1n) is 5.45. The molecule has 2 amide bonds. The predicted octanol–water partition coefficient (Wildman–Crippen LogP) is -0.104. The summed E-state index contributed by atoms with van der Waals surface area (Å²) >= 11 is 0. The summed E-state index contributed by atoms with van der Waals surface area (Å²) in [6.45, 7) is 0.434. The van der Waals surface area contributed by atoms with Crippen molar-refractivity contribution in [1.82, 2.24) is 5.32 Å². The minimum atomic E-state index is -0.689. The van der Waals surface area contributed by atoms with Crippen LogP contribution in [-0.2, 0) is 16.1 Å². The normalized spacial score (nSPS) is 11.8. The van der Waals surface area contributed by atoms with Crippen LogP contribution >= 0.6 is 0 Å². The smallest absolute Gasteiger partial charge is 0.237 e. The van der Waals surface area contributed by atoms with Crippen LogP contribution in [0.1, 0.15) is 18.4 Å². The van der Waals surface area contributed by atoms with Gasteiger partial charge in [0.1, 0.15) is 0 Å². The van der Waals surface area contributed by atoms with E-state index in [4.69, 9.17) is 11.5 Å². The zero-order chi connectivity index (χ0) is 12.7. The Morgan fingerprint density at radius 3 is 2.47 bits per heavy atom. The molecule has 0 fully saturated rings. The molecule has 1 rings (SSSR count). The monoisotopic (exact) mass is 235 g/mol. The molecule has 1 atom stereocenters. The lowest BCUT2D eigenvalue weighted by Crippen LogP contribution is -2.40. The quantitative estimate of drug-likeness (QED) is 0.642. The van der Waals surface area contributed by atoms with E-state index in [-0.39, 0.29) is 18.7 Å². The first-order valence-corrected chi connectivity index (χ1v) is 5.45. The summed E-state index contributed by atoms with van der Waals surface area (Å²) in [5, 5.41) is 2.71. The highest BCUT2D eigenvalue weighted by Crippen LogP contribution is 1.99. The number of nitrogens with one attached hydrogen (secondary N) is 1. The maximum atomic E-state index is 11.5. The Balaban J connectivity index is 2.32. The average molecular weight is 235 g/mol. The number of hydrogen-bond acceptors (Lipinski definition) is 3. The van der Waals surface area contributed by atoms with Gasteiger partial charge in [0, 0.05) is 13.0 Å². The van der Waals surface area contributed by atoms with Crippen molar-refractivity contribution in [3.63, 3.8) is 0 Å². The highest BCUT2D eigenvalue weighted by atomic mass is 16.2. The van der Waals surface area contributed by atoms with Crippen molar-refractivity contribution in [2.24, 2.45) is 11.5 Å². The standard InChI is InChI=1S/C12H17N3O2/c13-10(6-7-11(14)16)12(17)15-8-9-4-2-1-3-5-9/h1-5,10H,6-8,13H2,(H2,14,16)(H,15,17)/t10-/m0/s1. The van der Waals surface area contributed by atoms with E-state index in [1.165, 1.54) is 0 Å². The number of rotatable bonds is 6. The molecule has 92 valence electrons. The van der Waals surface area contributed by atoms with Gasteiger partial charge in [-0.1, -0.05) is 30.3 Å². The molecule has 0 bridgehead atoms. The van der Waals surface area contributed by atoms with Crippen LogP contribution in [0.5, 0.6) is 0 Å². The lowest BCUT2D eigenvalue weighted by molar-refractivity contribution is -0.123. The van der Waals surface area contributed by atoms with Gasteiger partial charge in [-0.25, -0.2) is 0 Å². The minimum absolute atomic E-state index is 0.125. The molecule has 0 saturated heterocycles. The fourth-order valence-corrected chi connectivity index (χ4v) is 1.34. The maximum Gasteiger partial charge on any atom is 0.237 e. The number of primary amides is 1.